The lowest BCUT2D eigenvalue weighted by molar-refractivity contribution is 0.485. The molecule has 0 unspecified atom stereocenters. The van der Waals surface area contributed by atoms with E-state index in [1.54, 1.807) is 35.7 Å². The number of aromatic nitrogens is 6. The molecule has 10 heteroatoms. The van der Waals surface area contributed by atoms with Crippen molar-refractivity contribution >= 4 is 45.2 Å². The van der Waals surface area contributed by atoms with Gasteiger partial charge in [-0.2, -0.15) is 0 Å². The van der Waals surface area contributed by atoms with Gasteiger partial charge in [0.2, 0.25) is 0 Å². The molecule has 5 aromatic rings. The second-order valence-electron chi connectivity index (χ2n) is 5.96. The molecule has 0 bridgehead atoms. The Balaban J connectivity index is 1.58. The van der Waals surface area contributed by atoms with Crippen LogP contribution in [0.5, 0.6) is 0 Å². The van der Waals surface area contributed by atoms with Crippen molar-refractivity contribution in [1.82, 2.24) is 29.7 Å². The molecule has 0 atom stereocenters. The van der Waals surface area contributed by atoms with Crippen molar-refractivity contribution in [2.24, 2.45) is 0 Å². The van der Waals surface area contributed by atoms with Crippen molar-refractivity contribution in [3.8, 4) is 11.4 Å². The fourth-order valence-corrected chi connectivity index (χ4v) is 5.27. The fraction of sp³-hybridized carbons (Fsp3) is 0.105. The highest BCUT2D eigenvalue weighted by Crippen LogP contribution is 2.36. The number of fused-ring (bicyclic) bond motifs is 1. The number of thioether (sulfide) groups is 1. The van der Waals surface area contributed by atoms with Crippen LogP contribution in [0.4, 0.5) is 0 Å². The number of hydrogen-bond acceptors (Lipinski definition) is 9. The Kier molecular flexibility index (Phi) is 5.04. The van der Waals surface area contributed by atoms with E-state index in [2.05, 4.69) is 25.1 Å². The van der Waals surface area contributed by atoms with Gasteiger partial charge >= 0.3 is 0 Å². The van der Waals surface area contributed by atoms with Crippen molar-refractivity contribution in [3.63, 3.8) is 0 Å². The summed E-state index contributed by atoms with van der Waals surface area (Å²) in [5.74, 6) is 1.61. The maximum absolute atomic E-state index is 5.57. The highest BCUT2D eigenvalue weighted by molar-refractivity contribution is 8.00. The normalized spacial score (nSPS) is 11.3. The van der Waals surface area contributed by atoms with E-state index in [-0.39, 0.29) is 0 Å². The number of rotatable bonds is 6. The maximum atomic E-state index is 5.57. The topological polar surface area (TPSA) is 82.5 Å². The zero-order chi connectivity index (χ0) is 19.6. The molecule has 144 valence electrons. The predicted octanol–water partition coefficient (Wildman–Crippen LogP) is 4.86. The van der Waals surface area contributed by atoms with Gasteiger partial charge in [-0.15, -0.1) is 21.5 Å². The number of furan rings is 1. The summed E-state index contributed by atoms with van der Waals surface area (Å²) in [6.07, 6.45) is 5.22. The van der Waals surface area contributed by atoms with Gasteiger partial charge in [-0.25, -0.2) is 15.0 Å². The maximum Gasteiger partial charge on any atom is 0.198 e. The first-order valence-corrected chi connectivity index (χ1v) is 11.5. The van der Waals surface area contributed by atoms with Crippen LogP contribution in [0.2, 0.25) is 0 Å². The summed E-state index contributed by atoms with van der Waals surface area (Å²) in [4.78, 5) is 13.3. The van der Waals surface area contributed by atoms with Crippen molar-refractivity contribution in [1.29, 1.82) is 0 Å². The van der Waals surface area contributed by atoms with Gasteiger partial charge in [-0.05, 0) is 30.2 Å². The summed E-state index contributed by atoms with van der Waals surface area (Å²) in [5.41, 5.74) is 1.70. The summed E-state index contributed by atoms with van der Waals surface area (Å²) in [5, 5.41) is 10.5. The Morgan fingerprint density at radius 1 is 1.07 bits per heavy atom. The van der Waals surface area contributed by atoms with E-state index in [4.69, 9.17) is 4.42 Å². The van der Waals surface area contributed by atoms with Crippen LogP contribution >= 0.6 is 34.9 Å². The van der Waals surface area contributed by atoms with Crippen LogP contribution in [0, 0.1) is 0 Å². The highest BCUT2D eigenvalue weighted by Gasteiger charge is 2.19. The minimum atomic E-state index is 0.527. The molecule has 0 aliphatic carbocycles. The predicted molar refractivity (Wildman–Crippen MR) is 114 cm³/mol. The first kappa shape index (κ1) is 18.3. The fourth-order valence-electron chi connectivity index (χ4n) is 2.83. The average molecular weight is 439 g/mol. The van der Waals surface area contributed by atoms with E-state index in [0.717, 1.165) is 36.4 Å². The van der Waals surface area contributed by atoms with E-state index in [1.807, 2.05) is 53.3 Å². The lowest BCUT2D eigenvalue weighted by atomic mass is 10.2. The number of hydrogen-bond donors (Lipinski definition) is 0. The minimum Gasteiger partial charge on any atom is -0.467 e. The molecule has 7 nitrogen and oxygen atoms in total. The van der Waals surface area contributed by atoms with Crippen LogP contribution in [-0.4, -0.2) is 36.0 Å². The summed E-state index contributed by atoms with van der Waals surface area (Å²) in [6.45, 7) is 0.527. The number of thiazole rings is 1. The Labute approximate surface area is 178 Å². The van der Waals surface area contributed by atoms with Gasteiger partial charge in [0.05, 0.1) is 12.8 Å². The first-order chi connectivity index (χ1) is 14.3. The molecule has 0 radical (unpaired) electrons. The smallest absolute Gasteiger partial charge is 0.198 e. The van der Waals surface area contributed by atoms with Crippen molar-refractivity contribution in [2.75, 3.05) is 6.26 Å². The second-order valence-corrected chi connectivity index (χ2v) is 8.96. The first-order valence-electron chi connectivity index (χ1n) is 8.66. The van der Waals surface area contributed by atoms with Crippen molar-refractivity contribution < 1.29 is 4.42 Å². The summed E-state index contributed by atoms with van der Waals surface area (Å²) >= 11 is 4.65. The lowest BCUT2D eigenvalue weighted by Gasteiger charge is -2.08. The highest BCUT2D eigenvalue weighted by atomic mass is 32.2. The van der Waals surface area contributed by atoms with Crippen LogP contribution in [0.3, 0.4) is 0 Å². The third-order valence-corrected chi connectivity index (χ3v) is 7.30. The van der Waals surface area contributed by atoms with Crippen LogP contribution in [0.25, 0.3) is 21.7 Å². The van der Waals surface area contributed by atoms with Gasteiger partial charge in [-0.1, -0.05) is 42.1 Å². The van der Waals surface area contributed by atoms with Gasteiger partial charge < -0.3 is 4.42 Å². The summed E-state index contributed by atoms with van der Waals surface area (Å²) in [6, 6.07) is 13.8. The zero-order valence-electron chi connectivity index (χ0n) is 15.2. The molecular formula is C19H14N6OS3. The van der Waals surface area contributed by atoms with Crippen LogP contribution < -0.4 is 0 Å². The molecule has 0 amide bonds. The van der Waals surface area contributed by atoms with E-state index < -0.39 is 0 Å². The SMILES string of the molecule is CSc1nc2ncnc(Sc3nnc(-c4ccccc4)n3Cc3ccco3)c2s1. The van der Waals surface area contributed by atoms with Gasteiger partial charge in [0.1, 0.15) is 21.8 Å². The lowest BCUT2D eigenvalue weighted by Crippen LogP contribution is -2.03. The van der Waals surface area contributed by atoms with Gasteiger partial charge in [0.15, 0.2) is 21.0 Å². The Hall–Kier alpha value is -2.69. The molecule has 0 aliphatic rings. The summed E-state index contributed by atoms with van der Waals surface area (Å²) in [7, 11) is 0. The molecule has 0 aliphatic heterocycles. The Morgan fingerprint density at radius 3 is 2.76 bits per heavy atom. The third kappa shape index (κ3) is 3.66. The van der Waals surface area contributed by atoms with E-state index >= 15 is 0 Å². The van der Waals surface area contributed by atoms with Crippen molar-refractivity contribution in [2.45, 2.75) is 21.1 Å². The molecule has 4 aromatic heterocycles. The zero-order valence-corrected chi connectivity index (χ0v) is 17.7. The van der Waals surface area contributed by atoms with E-state index in [0.29, 0.717) is 12.2 Å². The summed E-state index contributed by atoms with van der Waals surface area (Å²) < 4.78 is 9.53. The van der Waals surface area contributed by atoms with Gasteiger partial charge in [0.25, 0.3) is 0 Å². The molecule has 4 heterocycles. The number of benzene rings is 1. The third-order valence-electron chi connectivity index (χ3n) is 4.14. The Bertz CT molecular complexity index is 1250. The van der Waals surface area contributed by atoms with Crippen LogP contribution in [0.1, 0.15) is 5.76 Å². The van der Waals surface area contributed by atoms with Crippen molar-refractivity contribution in [3.05, 3.63) is 60.8 Å². The standard InChI is InChI=1S/C19H14N6OS3/c1-27-19-22-15-14(28-19)17(21-11-20-15)29-18-24-23-16(12-6-3-2-4-7-12)25(18)10-13-8-5-9-26-13/h2-9,11H,10H2,1H3. The van der Waals surface area contributed by atoms with E-state index in [9.17, 15) is 0 Å². The molecule has 29 heavy (non-hydrogen) atoms. The molecule has 0 saturated carbocycles. The largest absolute Gasteiger partial charge is 0.467 e. The van der Waals surface area contributed by atoms with Crippen LogP contribution in [-0.2, 0) is 6.54 Å². The van der Waals surface area contributed by atoms with Crippen LogP contribution in [0.15, 0.2) is 74.0 Å². The minimum absolute atomic E-state index is 0.527. The molecule has 0 spiro atoms. The molecule has 1 aromatic carbocycles. The number of nitrogens with zero attached hydrogens (tertiary/aromatic N) is 6. The Morgan fingerprint density at radius 2 is 1.97 bits per heavy atom. The monoisotopic (exact) mass is 438 g/mol. The molecular weight excluding hydrogens is 424 g/mol. The van der Waals surface area contributed by atoms with E-state index in [1.165, 1.54) is 11.8 Å². The molecule has 5 rings (SSSR count). The molecule has 0 N–H and O–H groups in total. The quantitative estimate of drug-likeness (QED) is 0.275. The average Bonchev–Trinajstić information content (AvgIpc) is 3.50. The second kappa shape index (κ2) is 7.97. The molecule has 0 fully saturated rings. The molecule has 0 saturated heterocycles. The van der Waals surface area contributed by atoms with Gasteiger partial charge in [-0.3, -0.25) is 4.57 Å². The van der Waals surface area contributed by atoms with Gasteiger partial charge in [0, 0.05) is 5.56 Å².